The second-order valence-electron chi connectivity index (χ2n) is 11.3. The topological polar surface area (TPSA) is 108 Å². The van der Waals surface area contributed by atoms with Gasteiger partial charge in [0.15, 0.2) is 6.10 Å². The number of hydrogen-bond acceptors (Lipinski definition) is 7. The Bertz CT molecular complexity index is 767. The minimum Gasteiger partial charge on any atom is -0.462 e. The molecule has 9 heteroatoms. The summed E-state index contributed by atoms with van der Waals surface area (Å²) in [7, 11) is -3.20. The van der Waals surface area contributed by atoms with E-state index in [0.29, 0.717) is 6.42 Å². The van der Waals surface area contributed by atoms with E-state index in [0.717, 1.165) is 84.2 Å². The van der Waals surface area contributed by atoms with Gasteiger partial charge < -0.3 is 14.4 Å². The number of hydrogen-bond donors (Lipinski definition) is 1. The van der Waals surface area contributed by atoms with Gasteiger partial charge in [-0.25, -0.2) is 4.57 Å². The lowest BCUT2D eigenvalue weighted by molar-refractivity contribution is -0.161. The SMILES string of the molecule is CC/C=C/CCCCCCCC(=O)OC[C@H](COP(=O)(O)OC)OC(=O)CCCCCCC/C=C\CCCCCCCC. The first kappa shape index (κ1) is 41.5. The van der Waals surface area contributed by atoms with Crippen molar-refractivity contribution in [2.24, 2.45) is 0 Å². The molecule has 0 amide bonds. The van der Waals surface area contributed by atoms with Crippen molar-refractivity contribution in [1.82, 2.24) is 0 Å². The predicted molar refractivity (Wildman–Crippen MR) is 175 cm³/mol. The molecule has 0 aliphatic rings. The molecule has 0 aliphatic heterocycles. The lowest BCUT2D eigenvalue weighted by Gasteiger charge is -2.19. The van der Waals surface area contributed by atoms with Gasteiger partial charge in [-0.05, 0) is 57.8 Å². The van der Waals surface area contributed by atoms with Crippen LogP contribution in [0.4, 0.5) is 0 Å². The fourth-order valence-electron chi connectivity index (χ4n) is 4.54. The minimum absolute atomic E-state index is 0.232. The third-order valence-electron chi connectivity index (χ3n) is 7.18. The first-order valence-corrected chi connectivity index (χ1v) is 18.5. The van der Waals surface area contributed by atoms with Crippen LogP contribution in [0.5, 0.6) is 0 Å². The van der Waals surface area contributed by atoms with Crippen LogP contribution >= 0.6 is 7.82 Å². The Hall–Kier alpha value is -1.47. The van der Waals surface area contributed by atoms with Crippen molar-refractivity contribution in [2.45, 2.75) is 161 Å². The number of esters is 2. The second-order valence-corrected chi connectivity index (χ2v) is 12.8. The Morgan fingerprint density at radius 2 is 1.12 bits per heavy atom. The summed E-state index contributed by atoms with van der Waals surface area (Å²) < 4.78 is 31.7. The molecule has 0 radical (unpaired) electrons. The van der Waals surface area contributed by atoms with Crippen molar-refractivity contribution in [2.75, 3.05) is 20.3 Å². The number of ether oxygens (including phenoxy) is 2. The van der Waals surface area contributed by atoms with Gasteiger partial charge in [0.25, 0.3) is 0 Å². The van der Waals surface area contributed by atoms with E-state index in [1.54, 1.807) is 0 Å². The summed E-state index contributed by atoms with van der Waals surface area (Å²) in [6, 6.07) is 0. The van der Waals surface area contributed by atoms with Crippen LogP contribution in [0, 0.1) is 0 Å². The third kappa shape index (κ3) is 30.3. The molecule has 0 rings (SSSR count). The molecule has 252 valence electrons. The number of phosphoric acid groups is 1. The largest absolute Gasteiger partial charge is 0.472 e. The molecule has 0 saturated carbocycles. The van der Waals surface area contributed by atoms with Crippen LogP contribution < -0.4 is 0 Å². The molecule has 0 aromatic heterocycles. The summed E-state index contributed by atoms with van der Waals surface area (Å²) in [5.41, 5.74) is 0. The number of phosphoric ester groups is 1. The highest BCUT2D eigenvalue weighted by atomic mass is 31.2. The van der Waals surface area contributed by atoms with Gasteiger partial charge in [-0.15, -0.1) is 0 Å². The Balaban J connectivity index is 4.11. The van der Waals surface area contributed by atoms with Crippen molar-refractivity contribution >= 4 is 19.8 Å². The van der Waals surface area contributed by atoms with Gasteiger partial charge in [0.2, 0.25) is 0 Å². The lowest BCUT2D eigenvalue weighted by Crippen LogP contribution is -2.29. The van der Waals surface area contributed by atoms with E-state index >= 15 is 0 Å². The minimum atomic E-state index is -4.25. The molecule has 0 fully saturated rings. The fourth-order valence-corrected chi connectivity index (χ4v) is 5.00. The molecule has 43 heavy (non-hydrogen) atoms. The van der Waals surface area contributed by atoms with Crippen molar-refractivity contribution < 1.29 is 37.6 Å². The Morgan fingerprint density at radius 1 is 0.651 bits per heavy atom. The molecular weight excluding hydrogens is 567 g/mol. The monoisotopic (exact) mass is 630 g/mol. The summed E-state index contributed by atoms with van der Waals surface area (Å²) in [6.45, 7) is 3.73. The Kier molecular flexibility index (Phi) is 29.5. The van der Waals surface area contributed by atoms with Crippen LogP contribution in [0.3, 0.4) is 0 Å². The van der Waals surface area contributed by atoms with Gasteiger partial charge in [0.05, 0.1) is 6.61 Å². The van der Waals surface area contributed by atoms with Gasteiger partial charge in [-0.2, -0.15) is 0 Å². The summed E-state index contributed by atoms with van der Waals surface area (Å²) in [4.78, 5) is 34.1. The van der Waals surface area contributed by atoms with Crippen LogP contribution in [0.1, 0.15) is 155 Å². The van der Waals surface area contributed by atoms with E-state index in [1.165, 1.54) is 44.9 Å². The zero-order valence-corrected chi connectivity index (χ0v) is 28.5. The van der Waals surface area contributed by atoms with E-state index in [4.69, 9.17) is 14.0 Å². The molecule has 8 nitrogen and oxygen atoms in total. The molecule has 0 spiro atoms. The molecule has 0 heterocycles. The Labute approximate surface area is 263 Å². The summed E-state index contributed by atoms with van der Waals surface area (Å²) in [6.07, 6.45) is 31.0. The van der Waals surface area contributed by atoms with Gasteiger partial charge in [-0.3, -0.25) is 18.6 Å². The van der Waals surface area contributed by atoms with Crippen molar-refractivity contribution in [3.8, 4) is 0 Å². The quantitative estimate of drug-likeness (QED) is 0.0349. The van der Waals surface area contributed by atoms with Gasteiger partial charge >= 0.3 is 19.8 Å². The van der Waals surface area contributed by atoms with Crippen LogP contribution in [0.25, 0.3) is 0 Å². The van der Waals surface area contributed by atoms with Gasteiger partial charge in [0, 0.05) is 20.0 Å². The molecule has 1 unspecified atom stereocenters. The number of unbranched alkanes of at least 4 members (excludes halogenated alkanes) is 16. The summed E-state index contributed by atoms with van der Waals surface area (Å²) in [5.74, 6) is -0.829. The van der Waals surface area contributed by atoms with E-state index in [2.05, 4.69) is 42.7 Å². The van der Waals surface area contributed by atoms with Crippen LogP contribution in [0.2, 0.25) is 0 Å². The molecular formula is C34H63O8P. The van der Waals surface area contributed by atoms with Crippen molar-refractivity contribution in [3.05, 3.63) is 24.3 Å². The maximum Gasteiger partial charge on any atom is 0.472 e. The van der Waals surface area contributed by atoms with Crippen LogP contribution in [0.15, 0.2) is 24.3 Å². The average molecular weight is 631 g/mol. The van der Waals surface area contributed by atoms with Crippen LogP contribution in [-0.2, 0) is 32.7 Å². The molecule has 0 aromatic rings. The van der Waals surface area contributed by atoms with E-state index in [9.17, 15) is 19.0 Å². The Morgan fingerprint density at radius 3 is 1.63 bits per heavy atom. The zero-order valence-electron chi connectivity index (χ0n) is 27.6. The standard InChI is InChI=1S/C34H63O8P/c1-4-6-8-10-12-14-15-16-17-18-19-21-23-25-27-29-34(36)42-32(31-41-43(37,38)39-3)30-40-33(35)28-26-24-22-20-13-11-9-7-5-2/h7,9,16-17,32H,4-6,8,10-15,18-31H2,1-3H3,(H,37,38)/b9-7+,17-16-/t32-/m1/s1. The first-order chi connectivity index (χ1) is 20.8. The van der Waals surface area contributed by atoms with Crippen molar-refractivity contribution in [1.29, 1.82) is 0 Å². The molecule has 2 atom stereocenters. The summed E-state index contributed by atoms with van der Waals surface area (Å²) >= 11 is 0. The average Bonchev–Trinajstić information content (AvgIpc) is 2.99. The van der Waals surface area contributed by atoms with Crippen molar-refractivity contribution in [3.63, 3.8) is 0 Å². The van der Waals surface area contributed by atoms with Crippen LogP contribution in [-0.4, -0.2) is 43.3 Å². The van der Waals surface area contributed by atoms with E-state index in [-0.39, 0.29) is 25.4 Å². The highest BCUT2D eigenvalue weighted by Crippen LogP contribution is 2.42. The number of carbonyl (C=O) groups is 2. The summed E-state index contributed by atoms with van der Waals surface area (Å²) in [5, 5.41) is 0. The zero-order chi connectivity index (χ0) is 31.9. The lowest BCUT2D eigenvalue weighted by atomic mass is 10.1. The molecule has 0 bridgehead atoms. The molecule has 1 N–H and O–H groups in total. The second kappa shape index (κ2) is 30.6. The number of carbonyl (C=O) groups excluding carboxylic acids is 2. The number of rotatable bonds is 31. The van der Waals surface area contributed by atoms with Gasteiger partial charge in [0.1, 0.15) is 6.61 Å². The highest BCUT2D eigenvalue weighted by Gasteiger charge is 2.24. The molecule has 0 aliphatic carbocycles. The highest BCUT2D eigenvalue weighted by molar-refractivity contribution is 7.47. The molecule has 0 saturated heterocycles. The number of allylic oxidation sites excluding steroid dienone is 4. The van der Waals surface area contributed by atoms with Gasteiger partial charge in [-0.1, -0.05) is 109 Å². The first-order valence-electron chi connectivity index (χ1n) is 17.0. The maximum absolute atomic E-state index is 12.4. The fraction of sp³-hybridized carbons (Fsp3) is 0.824. The maximum atomic E-state index is 12.4. The molecule has 0 aromatic carbocycles. The predicted octanol–water partition coefficient (Wildman–Crippen LogP) is 9.94. The van der Waals surface area contributed by atoms with E-state index in [1.807, 2.05) is 0 Å². The van der Waals surface area contributed by atoms with E-state index < -0.39 is 26.5 Å². The third-order valence-corrected chi connectivity index (χ3v) is 8.12. The smallest absolute Gasteiger partial charge is 0.462 e. The normalized spacial score (nSPS) is 13.9.